The largest absolute Gasteiger partial charge is 0.496 e. The van der Waals surface area contributed by atoms with Crippen molar-refractivity contribution in [2.24, 2.45) is 0 Å². The molecule has 9 heteroatoms. The zero-order valence-electron chi connectivity index (χ0n) is 20.6. The summed E-state index contributed by atoms with van der Waals surface area (Å²) in [5, 5.41) is 8.15. The van der Waals surface area contributed by atoms with E-state index < -0.39 is 0 Å². The molecule has 0 fully saturated rings. The SMILES string of the molecule is CCC(Sc1cccc(NC(=O)c2c(OC)cccc2OC)c1)C(=O)Nc1ccc(NC(C)=O)cc1. The van der Waals surface area contributed by atoms with E-state index in [0.29, 0.717) is 40.5 Å². The summed E-state index contributed by atoms with van der Waals surface area (Å²) in [6.07, 6.45) is 0.607. The number of hydrogen-bond donors (Lipinski definition) is 3. The van der Waals surface area contributed by atoms with E-state index in [9.17, 15) is 14.4 Å². The first-order valence-corrected chi connectivity index (χ1v) is 12.2. The summed E-state index contributed by atoms with van der Waals surface area (Å²) in [5.41, 5.74) is 2.18. The van der Waals surface area contributed by atoms with E-state index in [1.165, 1.54) is 32.9 Å². The molecule has 3 rings (SSSR count). The number of rotatable bonds is 10. The number of anilines is 3. The van der Waals surface area contributed by atoms with Gasteiger partial charge in [-0.25, -0.2) is 0 Å². The average molecular weight is 508 g/mol. The van der Waals surface area contributed by atoms with Crippen LogP contribution in [-0.4, -0.2) is 37.2 Å². The van der Waals surface area contributed by atoms with Gasteiger partial charge in [0.05, 0.1) is 19.5 Å². The second kappa shape index (κ2) is 12.6. The van der Waals surface area contributed by atoms with Crippen LogP contribution in [0.2, 0.25) is 0 Å². The summed E-state index contributed by atoms with van der Waals surface area (Å²) >= 11 is 1.41. The lowest BCUT2D eigenvalue weighted by molar-refractivity contribution is -0.116. The van der Waals surface area contributed by atoms with Gasteiger partial charge >= 0.3 is 0 Å². The van der Waals surface area contributed by atoms with E-state index in [-0.39, 0.29) is 23.0 Å². The van der Waals surface area contributed by atoms with Crippen LogP contribution in [0, 0.1) is 0 Å². The Labute approximate surface area is 214 Å². The highest BCUT2D eigenvalue weighted by atomic mass is 32.2. The standard InChI is InChI=1S/C27H29N3O5S/c1-5-24(26(32)29-19-14-12-18(13-15-19)28-17(2)31)36-21-9-6-8-20(16-21)30-27(33)25-22(34-3)10-7-11-23(25)35-4/h6-16,24H,5H2,1-4H3,(H,28,31)(H,29,32)(H,30,33). The summed E-state index contributed by atoms with van der Waals surface area (Å²) in [4.78, 5) is 37.9. The molecule has 1 unspecified atom stereocenters. The van der Waals surface area contributed by atoms with Crippen LogP contribution in [0.15, 0.2) is 71.6 Å². The van der Waals surface area contributed by atoms with E-state index in [0.717, 1.165) is 4.90 Å². The lowest BCUT2D eigenvalue weighted by Gasteiger charge is -2.16. The first kappa shape index (κ1) is 26.6. The summed E-state index contributed by atoms with van der Waals surface area (Å²) in [6.45, 7) is 3.38. The van der Waals surface area contributed by atoms with Crippen molar-refractivity contribution in [1.29, 1.82) is 0 Å². The number of carbonyl (C=O) groups is 3. The number of amides is 3. The van der Waals surface area contributed by atoms with Gasteiger partial charge in [0.2, 0.25) is 11.8 Å². The fourth-order valence-corrected chi connectivity index (χ4v) is 4.48. The Morgan fingerprint density at radius 1 is 0.806 bits per heavy atom. The van der Waals surface area contributed by atoms with Gasteiger partial charge in [-0.05, 0) is 61.0 Å². The van der Waals surface area contributed by atoms with Gasteiger partial charge in [0.1, 0.15) is 17.1 Å². The topological polar surface area (TPSA) is 106 Å². The zero-order valence-corrected chi connectivity index (χ0v) is 21.4. The molecule has 0 saturated carbocycles. The Kier molecular flexibility index (Phi) is 9.35. The van der Waals surface area contributed by atoms with E-state index in [4.69, 9.17) is 9.47 Å². The van der Waals surface area contributed by atoms with Crippen molar-refractivity contribution in [1.82, 2.24) is 0 Å². The molecule has 36 heavy (non-hydrogen) atoms. The smallest absolute Gasteiger partial charge is 0.263 e. The third-order valence-electron chi connectivity index (χ3n) is 5.16. The molecule has 0 spiro atoms. The Balaban J connectivity index is 1.68. The normalized spacial score (nSPS) is 11.2. The molecule has 0 radical (unpaired) electrons. The van der Waals surface area contributed by atoms with Gasteiger partial charge in [-0.1, -0.05) is 19.1 Å². The van der Waals surface area contributed by atoms with Crippen molar-refractivity contribution in [3.8, 4) is 11.5 Å². The highest BCUT2D eigenvalue weighted by Gasteiger charge is 2.20. The molecule has 0 bridgehead atoms. The molecule has 0 aliphatic carbocycles. The minimum absolute atomic E-state index is 0.136. The Morgan fingerprint density at radius 3 is 1.94 bits per heavy atom. The van der Waals surface area contributed by atoms with Crippen molar-refractivity contribution in [3.05, 3.63) is 72.3 Å². The van der Waals surface area contributed by atoms with E-state index in [2.05, 4.69) is 16.0 Å². The highest BCUT2D eigenvalue weighted by molar-refractivity contribution is 8.00. The molecule has 8 nitrogen and oxygen atoms in total. The van der Waals surface area contributed by atoms with Crippen molar-refractivity contribution in [2.75, 3.05) is 30.2 Å². The molecule has 0 aliphatic heterocycles. The predicted octanol–water partition coefficient (Wildman–Crippen LogP) is 5.42. The van der Waals surface area contributed by atoms with Crippen molar-refractivity contribution in [3.63, 3.8) is 0 Å². The first-order chi connectivity index (χ1) is 17.3. The van der Waals surface area contributed by atoms with Crippen LogP contribution in [0.3, 0.4) is 0 Å². The lowest BCUT2D eigenvalue weighted by atomic mass is 10.1. The van der Waals surface area contributed by atoms with Gasteiger partial charge < -0.3 is 25.4 Å². The van der Waals surface area contributed by atoms with Gasteiger partial charge in [0.25, 0.3) is 5.91 Å². The molecule has 0 heterocycles. The summed E-state index contributed by atoms with van der Waals surface area (Å²) in [5.74, 6) is 0.159. The highest BCUT2D eigenvalue weighted by Crippen LogP contribution is 2.31. The number of benzene rings is 3. The number of ether oxygens (including phenoxy) is 2. The van der Waals surface area contributed by atoms with Crippen molar-refractivity contribution in [2.45, 2.75) is 30.4 Å². The van der Waals surface area contributed by atoms with Crippen LogP contribution in [-0.2, 0) is 9.59 Å². The minimum atomic E-state index is -0.362. The Morgan fingerprint density at radius 2 is 1.39 bits per heavy atom. The minimum Gasteiger partial charge on any atom is -0.496 e. The van der Waals surface area contributed by atoms with Crippen LogP contribution in [0.5, 0.6) is 11.5 Å². The third kappa shape index (κ3) is 7.02. The first-order valence-electron chi connectivity index (χ1n) is 11.3. The van der Waals surface area contributed by atoms with Gasteiger partial charge in [0.15, 0.2) is 0 Å². The molecule has 3 N–H and O–H groups in total. The van der Waals surface area contributed by atoms with Crippen molar-refractivity contribution < 1.29 is 23.9 Å². The van der Waals surface area contributed by atoms with Gasteiger partial charge in [0, 0.05) is 28.9 Å². The Hall–Kier alpha value is -3.98. The van der Waals surface area contributed by atoms with E-state index in [1.807, 2.05) is 25.1 Å². The number of hydrogen-bond acceptors (Lipinski definition) is 6. The monoisotopic (exact) mass is 507 g/mol. The van der Waals surface area contributed by atoms with Crippen molar-refractivity contribution >= 4 is 46.5 Å². The summed E-state index contributed by atoms with van der Waals surface area (Å²) in [6, 6.07) is 19.4. The molecule has 3 aromatic rings. The summed E-state index contributed by atoms with van der Waals surface area (Å²) < 4.78 is 10.7. The fraction of sp³-hybridized carbons (Fsp3) is 0.222. The lowest BCUT2D eigenvalue weighted by Crippen LogP contribution is -2.24. The summed E-state index contributed by atoms with van der Waals surface area (Å²) in [7, 11) is 2.99. The number of nitrogens with one attached hydrogen (secondary N) is 3. The number of carbonyl (C=O) groups excluding carboxylic acids is 3. The van der Waals surface area contributed by atoms with Crippen LogP contribution in [0.4, 0.5) is 17.1 Å². The van der Waals surface area contributed by atoms with Gasteiger partial charge in [-0.2, -0.15) is 0 Å². The zero-order chi connectivity index (χ0) is 26.1. The molecule has 188 valence electrons. The van der Waals surface area contributed by atoms with E-state index in [1.54, 1.807) is 48.5 Å². The maximum atomic E-state index is 13.0. The molecule has 0 aromatic heterocycles. The van der Waals surface area contributed by atoms with Crippen LogP contribution >= 0.6 is 11.8 Å². The molecular weight excluding hydrogens is 478 g/mol. The van der Waals surface area contributed by atoms with E-state index >= 15 is 0 Å². The molecule has 0 aliphatic rings. The number of thioether (sulfide) groups is 1. The van der Waals surface area contributed by atoms with Crippen LogP contribution in [0.1, 0.15) is 30.6 Å². The second-order valence-electron chi connectivity index (χ2n) is 7.78. The second-order valence-corrected chi connectivity index (χ2v) is 9.06. The Bertz CT molecular complexity index is 1210. The molecular formula is C27H29N3O5S. The number of methoxy groups -OCH3 is 2. The molecule has 1 atom stereocenters. The fourth-order valence-electron chi connectivity index (χ4n) is 3.47. The predicted molar refractivity (Wildman–Crippen MR) is 143 cm³/mol. The average Bonchev–Trinajstić information content (AvgIpc) is 2.87. The van der Waals surface area contributed by atoms with Gasteiger partial charge in [-0.15, -0.1) is 11.8 Å². The third-order valence-corrected chi connectivity index (χ3v) is 6.52. The molecule has 3 aromatic carbocycles. The maximum Gasteiger partial charge on any atom is 0.263 e. The maximum absolute atomic E-state index is 13.0. The van der Waals surface area contributed by atoms with Crippen LogP contribution in [0.25, 0.3) is 0 Å². The van der Waals surface area contributed by atoms with Crippen LogP contribution < -0.4 is 25.4 Å². The van der Waals surface area contributed by atoms with Gasteiger partial charge in [-0.3, -0.25) is 14.4 Å². The molecule has 0 saturated heterocycles. The quantitative estimate of drug-likeness (QED) is 0.316. The molecule has 3 amide bonds.